The van der Waals surface area contributed by atoms with Crippen LogP contribution >= 0.6 is 0 Å². The van der Waals surface area contributed by atoms with Crippen LogP contribution < -0.4 is 0 Å². The van der Waals surface area contributed by atoms with Gasteiger partial charge in [-0.2, -0.15) is 0 Å². The second-order valence-corrected chi connectivity index (χ2v) is 7.67. The molecule has 3 nitrogen and oxygen atoms in total. The zero-order chi connectivity index (χ0) is 18.8. The van der Waals surface area contributed by atoms with Gasteiger partial charge in [-0.3, -0.25) is 9.69 Å². The Morgan fingerprint density at radius 1 is 0.885 bits per heavy atom. The third kappa shape index (κ3) is 7.40. The lowest BCUT2D eigenvalue weighted by atomic mass is 9.84. The summed E-state index contributed by atoms with van der Waals surface area (Å²) >= 11 is 0. The molecular weight excluding hydrogens is 322 g/mol. The Morgan fingerprint density at radius 2 is 1.38 bits per heavy atom. The van der Waals surface area contributed by atoms with Crippen molar-refractivity contribution in [2.75, 3.05) is 13.7 Å². The van der Waals surface area contributed by atoms with Crippen LogP contribution in [0.25, 0.3) is 0 Å². The molecule has 2 rings (SSSR count). The van der Waals surface area contributed by atoms with E-state index in [0.29, 0.717) is 6.42 Å². The molecule has 0 saturated carbocycles. The standard InChI is InChI=1S/C23H31NO2/c1-23(2,15-14-22(25)26-3)16-17-24(18-20-10-6-4-7-11-20)19-21-12-8-5-9-13-21/h4-13H,14-19H2,1-3H3. The highest BCUT2D eigenvalue weighted by atomic mass is 16.5. The number of rotatable bonds is 10. The molecule has 0 atom stereocenters. The predicted octanol–water partition coefficient (Wildman–Crippen LogP) is 5.06. The first-order chi connectivity index (χ1) is 12.5. The number of methoxy groups -OCH3 is 1. The fraction of sp³-hybridized carbons (Fsp3) is 0.435. The smallest absolute Gasteiger partial charge is 0.305 e. The summed E-state index contributed by atoms with van der Waals surface area (Å²) in [5.74, 6) is -0.122. The molecule has 0 N–H and O–H groups in total. The zero-order valence-corrected chi connectivity index (χ0v) is 16.3. The number of hydrogen-bond acceptors (Lipinski definition) is 3. The Kier molecular flexibility index (Phi) is 7.86. The second-order valence-electron chi connectivity index (χ2n) is 7.67. The average Bonchev–Trinajstić information content (AvgIpc) is 2.66. The minimum absolute atomic E-state index is 0.111. The van der Waals surface area contributed by atoms with Crippen molar-refractivity contribution in [1.82, 2.24) is 4.90 Å². The lowest BCUT2D eigenvalue weighted by Crippen LogP contribution is -2.28. The Hall–Kier alpha value is -2.13. The maximum absolute atomic E-state index is 11.4. The lowest BCUT2D eigenvalue weighted by molar-refractivity contribution is -0.141. The van der Waals surface area contributed by atoms with Crippen LogP contribution in [0.1, 0.15) is 44.2 Å². The van der Waals surface area contributed by atoms with Gasteiger partial charge in [-0.15, -0.1) is 0 Å². The summed E-state index contributed by atoms with van der Waals surface area (Å²) < 4.78 is 4.78. The Morgan fingerprint density at radius 3 is 1.85 bits per heavy atom. The van der Waals surface area contributed by atoms with E-state index in [1.165, 1.54) is 18.2 Å². The van der Waals surface area contributed by atoms with E-state index in [1.54, 1.807) is 0 Å². The molecule has 0 amide bonds. The molecule has 0 bridgehead atoms. The largest absolute Gasteiger partial charge is 0.469 e. The summed E-state index contributed by atoms with van der Waals surface area (Å²) in [5, 5.41) is 0. The van der Waals surface area contributed by atoms with Crippen LogP contribution in [-0.2, 0) is 22.6 Å². The van der Waals surface area contributed by atoms with E-state index in [9.17, 15) is 4.79 Å². The number of benzene rings is 2. The first-order valence-electron chi connectivity index (χ1n) is 9.35. The molecule has 0 saturated heterocycles. The third-order valence-corrected chi connectivity index (χ3v) is 4.84. The van der Waals surface area contributed by atoms with Crippen molar-refractivity contribution in [2.24, 2.45) is 5.41 Å². The van der Waals surface area contributed by atoms with Crippen LogP contribution in [0.3, 0.4) is 0 Å². The Balaban J connectivity index is 1.97. The molecule has 0 unspecified atom stereocenters. The van der Waals surface area contributed by atoms with Gasteiger partial charge in [-0.1, -0.05) is 74.5 Å². The average molecular weight is 354 g/mol. The maximum Gasteiger partial charge on any atom is 0.305 e. The summed E-state index contributed by atoms with van der Waals surface area (Å²) in [6, 6.07) is 21.2. The molecule has 26 heavy (non-hydrogen) atoms. The van der Waals surface area contributed by atoms with E-state index in [-0.39, 0.29) is 11.4 Å². The van der Waals surface area contributed by atoms with Crippen molar-refractivity contribution < 1.29 is 9.53 Å². The van der Waals surface area contributed by atoms with Crippen molar-refractivity contribution >= 4 is 5.97 Å². The van der Waals surface area contributed by atoms with Crippen molar-refractivity contribution in [1.29, 1.82) is 0 Å². The second kappa shape index (κ2) is 10.1. The molecule has 0 radical (unpaired) electrons. The molecule has 0 aliphatic heterocycles. The molecule has 0 fully saturated rings. The van der Waals surface area contributed by atoms with E-state index < -0.39 is 0 Å². The summed E-state index contributed by atoms with van der Waals surface area (Å²) in [4.78, 5) is 13.9. The third-order valence-electron chi connectivity index (χ3n) is 4.84. The highest BCUT2D eigenvalue weighted by Gasteiger charge is 2.21. The predicted molar refractivity (Wildman–Crippen MR) is 107 cm³/mol. The number of carbonyl (C=O) groups excluding carboxylic acids is 1. The lowest BCUT2D eigenvalue weighted by Gasteiger charge is -2.29. The highest BCUT2D eigenvalue weighted by Crippen LogP contribution is 2.28. The van der Waals surface area contributed by atoms with Gasteiger partial charge in [0.05, 0.1) is 7.11 Å². The molecule has 0 spiro atoms. The van der Waals surface area contributed by atoms with Crippen molar-refractivity contribution in [3.63, 3.8) is 0 Å². The minimum Gasteiger partial charge on any atom is -0.469 e. The van der Waals surface area contributed by atoms with Crippen molar-refractivity contribution in [3.8, 4) is 0 Å². The molecule has 0 aliphatic rings. The first-order valence-corrected chi connectivity index (χ1v) is 9.35. The van der Waals surface area contributed by atoms with Gasteiger partial charge >= 0.3 is 5.97 Å². The summed E-state index contributed by atoms with van der Waals surface area (Å²) in [6.45, 7) is 7.34. The fourth-order valence-corrected chi connectivity index (χ4v) is 3.03. The van der Waals surface area contributed by atoms with Crippen LogP contribution in [0, 0.1) is 5.41 Å². The first kappa shape index (κ1) is 20.2. The molecular formula is C23H31NO2. The molecule has 0 heterocycles. The highest BCUT2D eigenvalue weighted by molar-refractivity contribution is 5.69. The van der Waals surface area contributed by atoms with E-state index in [0.717, 1.165) is 32.5 Å². The molecule has 2 aromatic carbocycles. The van der Waals surface area contributed by atoms with Gasteiger partial charge in [0.2, 0.25) is 0 Å². The van der Waals surface area contributed by atoms with Gasteiger partial charge < -0.3 is 4.74 Å². The molecule has 0 aliphatic carbocycles. The molecule has 0 aromatic heterocycles. The fourth-order valence-electron chi connectivity index (χ4n) is 3.03. The van der Waals surface area contributed by atoms with Crippen LogP contribution in [0.4, 0.5) is 0 Å². The van der Waals surface area contributed by atoms with Crippen molar-refractivity contribution in [2.45, 2.75) is 46.2 Å². The van der Waals surface area contributed by atoms with Crippen LogP contribution in [0.15, 0.2) is 60.7 Å². The van der Waals surface area contributed by atoms with E-state index in [4.69, 9.17) is 4.74 Å². The van der Waals surface area contributed by atoms with Crippen LogP contribution in [0.5, 0.6) is 0 Å². The minimum atomic E-state index is -0.122. The topological polar surface area (TPSA) is 29.5 Å². The maximum atomic E-state index is 11.4. The quantitative estimate of drug-likeness (QED) is 0.559. The van der Waals surface area contributed by atoms with E-state index in [2.05, 4.69) is 79.4 Å². The summed E-state index contributed by atoms with van der Waals surface area (Å²) in [5.41, 5.74) is 2.77. The van der Waals surface area contributed by atoms with Gasteiger partial charge in [0.1, 0.15) is 0 Å². The summed E-state index contributed by atoms with van der Waals surface area (Å²) in [7, 11) is 1.46. The van der Waals surface area contributed by atoms with E-state index >= 15 is 0 Å². The number of ether oxygens (including phenoxy) is 1. The number of carbonyl (C=O) groups is 1. The van der Waals surface area contributed by atoms with Gasteiger partial charge in [0.25, 0.3) is 0 Å². The molecule has 2 aromatic rings. The van der Waals surface area contributed by atoms with Crippen LogP contribution in [-0.4, -0.2) is 24.5 Å². The van der Waals surface area contributed by atoms with Gasteiger partial charge in [0.15, 0.2) is 0 Å². The number of hydrogen-bond donors (Lipinski definition) is 0. The van der Waals surface area contributed by atoms with Gasteiger partial charge in [-0.05, 0) is 35.9 Å². The monoisotopic (exact) mass is 353 g/mol. The van der Waals surface area contributed by atoms with Crippen LogP contribution in [0.2, 0.25) is 0 Å². The number of esters is 1. The normalized spacial score (nSPS) is 11.5. The molecule has 3 heteroatoms. The summed E-state index contributed by atoms with van der Waals surface area (Å²) in [6.07, 6.45) is 2.38. The zero-order valence-electron chi connectivity index (χ0n) is 16.3. The van der Waals surface area contributed by atoms with E-state index in [1.807, 2.05) is 0 Å². The molecule has 140 valence electrons. The SMILES string of the molecule is COC(=O)CCC(C)(C)CCN(Cc1ccccc1)Cc1ccccc1. The Bertz CT molecular complexity index is 611. The number of nitrogens with zero attached hydrogens (tertiary/aromatic N) is 1. The van der Waals surface area contributed by atoms with Gasteiger partial charge in [0, 0.05) is 19.5 Å². The Labute approximate surface area is 158 Å². The van der Waals surface area contributed by atoms with Crippen molar-refractivity contribution in [3.05, 3.63) is 71.8 Å². The van der Waals surface area contributed by atoms with Gasteiger partial charge in [-0.25, -0.2) is 0 Å².